The van der Waals surface area contributed by atoms with Crippen LogP contribution < -0.4 is 5.32 Å². The molecule has 0 bridgehead atoms. The Morgan fingerprint density at radius 3 is 2.00 bits per heavy atom. The Labute approximate surface area is 140 Å². The van der Waals surface area contributed by atoms with Crippen molar-refractivity contribution in [2.24, 2.45) is 4.99 Å². The smallest absolute Gasteiger partial charge is 0.330 e. The minimum absolute atomic E-state index is 0.385. The number of benzene rings is 2. The van der Waals surface area contributed by atoms with Crippen LogP contribution in [0.5, 0.6) is 0 Å². The van der Waals surface area contributed by atoms with E-state index in [-0.39, 0.29) is 0 Å². The number of carbonyl (C=O) groups is 1. The van der Waals surface area contributed by atoms with Crippen molar-refractivity contribution in [3.05, 3.63) is 83.4 Å². The molecule has 1 aliphatic heterocycles. The summed E-state index contributed by atoms with van der Waals surface area (Å²) in [5.41, 5.74) is 2.79. The number of hydrogen-bond donors (Lipinski definition) is 3. The van der Waals surface area contributed by atoms with Gasteiger partial charge in [-0.3, -0.25) is 10.1 Å². The normalized spacial score (nSPS) is 16.7. The molecule has 1 amide bonds. The van der Waals surface area contributed by atoms with Gasteiger partial charge in [0.2, 0.25) is 0 Å². The maximum Gasteiger partial charge on any atom is 0.356 e. The van der Waals surface area contributed by atoms with Crippen molar-refractivity contribution in [3.63, 3.8) is 0 Å². The molecule has 0 aliphatic carbocycles. The second-order valence-electron chi connectivity index (χ2n) is 5.69. The van der Waals surface area contributed by atoms with Gasteiger partial charge in [0.1, 0.15) is 0 Å². The molecule has 2 aromatic carbocycles. The zero-order chi connectivity index (χ0) is 17.0. The van der Waals surface area contributed by atoms with Crippen molar-refractivity contribution < 1.29 is 15.0 Å². The topological polar surface area (TPSA) is 81.9 Å². The van der Waals surface area contributed by atoms with Crippen molar-refractivity contribution in [1.82, 2.24) is 5.32 Å². The third-order valence-corrected chi connectivity index (χ3v) is 3.68. The number of allylic oxidation sites excluding steroid dienone is 1. The fourth-order valence-electron chi connectivity index (χ4n) is 2.60. The summed E-state index contributed by atoms with van der Waals surface area (Å²) in [6.45, 7) is 0. The molecule has 0 atom stereocenters. The molecular weight excluding hydrogens is 304 g/mol. The van der Waals surface area contributed by atoms with E-state index in [9.17, 15) is 15.0 Å². The van der Waals surface area contributed by atoms with Crippen molar-refractivity contribution in [1.29, 1.82) is 0 Å². The van der Waals surface area contributed by atoms with Crippen LogP contribution in [0.1, 0.15) is 11.1 Å². The lowest BCUT2D eigenvalue weighted by atomic mass is 10.0. The van der Waals surface area contributed by atoms with E-state index < -0.39 is 11.9 Å². The van der Waals surface area contributed by atoms with Crippen molar-refractivity contribution in [2.45, 2.75) is 18.9 Å². The largest absolute Gasteiger partial charge is 0.356 e. The molecule has 1 aliphatic rings. The summed E-state index contributed by atoms with van der Waals surface area (Å²) >= 11 is 0. The molecular formula is C19H18N2O3. The van der Waals surface area contributed by atoms with E-state index in [2.05, 4.69) is 10.3 Å². The van der Waals surface area contributed by atoms with Gasteiger partial charge in [0.15, 0.2) is 0 Å². The first kappa shape index (κ1) is 16.1. The zero-order valence-electron chi connectivity index (χ0n) is 13.0. The molecule has 0 fully saturated rings. The van der Waals surface area contributed by atoms with Crippen LogP contribution in [0.15, 0.2) is 77.3 Å². The third kappa shape index (κ3) is 4.16. The number of nitrogens with zero attached hydrogens (tertiary/aromatic N) is 1. The van der Waals surface area contributed by atoms with Gasteiger partial charge in [-0.25, -0.2) is 4.99 Å². The maximum atomic E-state index is 12.3. The lowest BCUT2D eigenvalue weighted by molar-refractivity contribution is -0.181. The van der Waals surface area contributed by atoms with Crippen LogP contribution in [-0.4, -0.2) is 27.9 Å². The Hall–Kier alpha value is -2.76. The maximum absolute atomic E-state index is 12.3. The van der Waals surface area contributed by atoms with Gasteiger partial charge in [-0.1, -0.05) is 60.7 Å². The Morgan fingerprint density at radius 2 is 1.42 bits per heavy atom. The fourth-order valence-corrected chi connectivity index (χ4v) is 2.60. The highest BCUT2D eigenvalue weighted by molar-refractivity contribution is 6.06. The molecule has 0 aromatic heterocycles. The van der Waals surface area contributed by atoms with E-state index in [1.54, 1.807) is 6.08 Å². The molecule has 3 N–H and O–H groups in total. The number of aliphatic hydroxyl groups is 2. The van der Waals surface area contributed by atoms with E-state index in [1.165, 1.54) is 0 Å². The highest BCUT2D eigenvalue weighted by Crippen LogP contribution is 2.15. The van der Waals surface area contributed by atoms with Crippen molar-refractivity contribution in [2.75, 3.05) is 0 Å². The summed E-state index contributed by atoms with van der Waals surface area (Å²) in [5, 5.41) is 21.8. The first-order valence-corrected chi connectivity index (χ1v) is 7.66. The molecule has 0 spiro atoms. The summed E-state index contributed by atoms with van der Waals surface area (Å²) in [6.07, 6.45) is 2.41. The molecule has 0 saturated carbocycles. The van der Waals surface area contributed by atoms with Crippen LogP contribution in [0.3, 0.4) is 0 Å². The molecule has 0 radical (unpaired) electrons. The Kier molecular flexibility index (Phi) is 4.55. The Balaban J connectivity index is 1.90. The number of nitrogens with one attached hydrogen (secondary N) is 1. The number of carbonyl (C=O) groups excluding carboxylic acids is 1. The Bertz CT molecular complexity index is 781. The molecule has 1 heterocycles. The molecule has 0 unspecified atom stereocenters. The average molecular weight is 322 g/mol. The van der Waals surface area contributed by atoms with Crippen LogP contribution in [0, 0.1) is 0 Å². The first-order chi connectivity index (χ1) is 11.5. The van der Waals surface area contributed by atoms with Gasteiger partial charge < -0.3 is 10.2 Å². The van der Waals surface area contributed by atoms with Gasteiger partial charge in [0.05, 0.1) is 0 Å². The van der Waals surface area contributed by atoms with E-state index in [0.29, 0.717) is 24.1 Å². The quantitative estimate of drug-likeness (QED) is 0.747. The second-order valence-corrected chi connectivity index (χ2v) is 5.69. The zero-order valence-corrected chi connectivity index (χ0v) is 13.0. The Morgan fingerprint density at radius 1 is 0.875 bits per heavy atom. The number of hydrogen-bond acceptors (Lipinski definition) is 4. The number of aliphatic imine (C=N–C) groups is 1. The van der Waals surface area contributed by atoms with Crippen LogP contribution in [0.2, 0.25) is 0 Å². The summed E-state index contributed by atoms with van der Waals surface area (Å²) in [6, 6.07) is 16.5. The first-order valence-electron chi connectivity index (χ1n) is 7.66. The summed E-state index contributed by atoms with van der Waals surface area (Å²) in [4.78, 5) is 16.1. The highest BCUT2D eigenvalue weighted by Gasteiger charge is 2.30. The lowest BCUT2D eigenvalue weighted by Gasteiger charge is -2.17. The van der Waals surface area contributed by atoms with E-state index >= 15 is 0 Å². The molecule has 0 saturated heterocycles. The predicted molar refractivity (Wildman–Crippen MR) is 91.1 cm³/mol. The minimum atomic E-state index is -2.60. The van der Waals surface area contributed by atoms with Crippen molar-refractivity contribution in [3.8, 4) is 0 Å². The van der Waals surface area contributed by atoms with Crippen LogP contribution in [0.4, 0.5) is 0 Å². The lowest BCUT2D eigenvalue weighted by Crippen LogP contribution is -2.47. The molecule has 3 rings (SSSR count). The van der Waals surface area contributed by atoms with E-state index in [4.69, 9.17) is 0 Å². The van der Waals surface area contributed by atoms with Gasteiger partial charge in [0.25, 0.3) is 5.91 Å². The van der Waals surface area contributed by atoms with Gasteiger partial charge in [-0.2, -0.15) is 0 Å². The van der Waals surface area contributed by atoms with E-state index in [1.807, 2.05) is 60.7 Å². The van der Waals surface area contributed by atoms with Crippen LogP contribution in [-0.2, 0) is 17.6 Å². The van der Waals surface area contributed by atoms with Crippen molar-refractivity contribution >= 4 is 11.6 Å². The molecule has 2 aromatic rings. The molecule has 5 nitrogen and oxygen atoms in total. The third-order valence-electron chi connectivity index (χ3n) is 3.68. The molecule has 24 heavy (non-hydrogen) atoms. The van der Waals surface area contributed by atoms with Crippen LogP contribution in [0.25, 0.3) is 0 Å². The van der Waals surface area contributed by atoms with Gasteiger partial charge >= 0.3 is 6.03 Å². The standard InChI is InChI=1S/C19H18N2O3/c22-18-16(11-14-7-3-1-4-8-14)13-17(20-19(23,24)21-18)12-15-9-5-2-6-10-15/h1-10,13,23-24H,11-12H2,(H,21,22). The monoisotopic (exact) mass is 322 g/mol. The van der Waals surface area contributed by atoms with Gasteiger partial charge in [-0.15, -0.1) is 0 Å². The number of amides is 1. The van der Waals surface area contributed by atoms with Gasteiger partial charge in [0, 0.05) is 24.1 Å². The summed E-state index contributed by atoms with van der Waals surface area (Å²) in [7, 11) is 0. The minimum Gasteiger partial charge on any atom is -0.330 e. The average Bonchev–Trinajstić information content (AvgIpc) is 2.65. The second kappa shape index (κ2) is 6.78. The predicted octanol–water partition coefficient (Wildman–Crippen LogP) is 1.56. The summed E-state index contributed by atoms with van der Waals surface area (Å²) < 4.78 is 0. The van der Waals surface area contributed by atoms with Crippen LogP contribution >= 0.6 is 0 Å². The molecule has 122 valence electrons. The highest BCUT2D eigenvalue weighted by atomic mass is 16.5. The summed E-state index contributed by atoms with van der Waals surface area (Å²) in [5.74, 6) is -0.546. The van der Waals surface area contributed by atoms with Gasteiger partial charge in [-0.05, 0) is 17.2 Å². The number of rotatable bonds is 4. The fraction of sp³-hybridized carbons (Fsp3) is 0.158. The molecule has 5 heteroatoms. The SMILES string of the molecule is O=C1NC(O)(O)N=C(Cc2ccccc2)C=C1Cc1ccccc1. The van der Waals surface area contributed by atoms with E-state index in [0.717, 1.165) is 11.1 Å².